The van der Waals surface area contributed by atoms with Crippen molar-refractivity contribution < 1.29 is 9.90 Å². The first-order valence-corrected chi connectivity index (χ1v) is 10.4. The smallest absolute Gasteiger partial charge is 0.155 e. The van der Waals surface area contributed by atoms with Gasteiger partial charge in [0.1, 0.15) is 5.60 Å². The van der Waals surface area contributed by atoms with Gasteiger partial charge in [0.05, 0.1) is 0 Å². The summed E-state index contributed by atoms with van der Waals surface area (Å²) in [7, 11) is 0. The second kappa shape index (κ2) is 5.98. The third-order valence-electron chi connectivity index (χ3n) is 8.26. The van der Waals surface area contributed by atoms with Crippen LogP contribution in [0.25, 0.3) is 0 Å². The van der Waals surface area contributed by atoms with Crippen LogP contribution in [0, 0.1) is 46.8 Å². The third kappa shape index (κ3) is 2.46. The van der Waals surface area contributed by atoms with Crippen molar-refractivity contribution in [3.05, 3.63) is 11.6 Å². The molecular formula is C23H32O2. The molecule has 0 aromatic heterocycles. The average molecular weight is 341 g/mol. The van der Waals surface area contributed by atoms with Crippen LogP contribution in [0.5, 0.6) is 0 Å². The number of ketones is 1. The molecule has 25 heavy (non-hydrogen) atoms. The van der Waals surface area contributed by atoms with Gasteiger partial charge in [-0.05, 0) is 74.2 Å². The van der Waals surface area contributed by atoms with Gasteiger partial charge in [0.25, 0.3) is 0 Å². The molecule has 0 heterocycles. The Bertz CT molecular complexity index is 665. The first-order chi connectivity index (χ1) is 11.9. The van der Waals surface area contributed by atoms with E-state index >= 15 is 0 Å². The number of carbonyl (C=O) groups excluding carboxylic acids is 1. The molecule has 0 saturated heterocycles. The van der Waals surface area contributed by atoms with Crippen LogP contribution in [0.15, 0.2) is 11.6 Å². The van der Waals surface area contributed by atoms with Gasteiger partial charge in [0.15, 0.2) is 5.78 Å². The molecule has 0 bridgehead atoms. The number of aliphatic hydroxyl groups is 1. The van der Waals surface area contributed by atoms with Crippen molar-refractivity contribution in [2.75, 3.05) is 0 Å². The van der Waals surface area contributed by atoms with Crippen LogP contribution in [-0.4, -0.2) is 16.5 Å². The zero-order valence-electron chi connectivity index (χ0n) is 16.0. The van der Waals surface area contributed by atoms with E-state index in [1.807, 2.05) is 6.08 Å². The van der Waals surface area contributed by atoms with Crippen molar-refractivity contribution in [3.8, 4) is 11.8 Å². The SMILES string of the molecule is CCC#C[C@]1(O)CCC2C3C(CC[C@@]21C)C1CCC(=O)C=C1C[C@H]3C. The summed E-state index contributed by atoms with van der Waals surface area (Å²) in [6.45, 7) is 6.76. The highest BCUT2D eigenvalue weighted by Gasteiger charge is 2.63. The van der Waals surface area contributed by atoms with Crippen LogP contribution in [0.2, 0.25) is 0 Å². The topological polar surface area (TPSA) is 37.3 Å². The minimum atomic E-state index is -0.795. The lowest BCUT2D eigenvalue weighted by molar-refractivity contribution is -0.117. The summed E-state index contributed by atoms with van der Waals surface area (Å²) in [4.78, 5) is 11.9. The molecular weight excluding hydrogens is 308 g/mol. The van der Waals surface area contributed by atoms with E-state index in [0.29, 0.717) is 35.4 Å². The van der Waals surface area contributed by atoms with Crippen molar-refractivity contribution in [1.29, 1.82) is 0 Å². The largest absolute Gasteiger partial charge is 0.377 e. The molecule has 0 aromatic rings. The first-order valence-electron chi connectivity index (χ1n) is 10.4. The Hall–Kier alpha value is -1.07. The molecule has 3 fully saturated rings. The average Bonchev–Trinajstić information content (AvgIpc) is 2.84. The molecule has 0 aromatic carbocycles. The molecule has 136 valence electrons. The number of fused-ring (bicyclic) bond motifs is 5. The molecule has 2 heteroatoms. The first kappa shape index (κ1) is 17.3. The molecule has 0 aliphatic heterocycles. The molecule has 2 nitrogen and oxygen atoms in total. The minimum absolute atomic E-state index is 0.0592. The summed E-state index contributed by atoms with van der Waals surface area (Å²) >= 11 is 0. The van der Waals surface area contributed by atoms with E-state index in [-0.39, 0.29) is 5.41 Å². The fourth-order valence-electron chi connectivity index (χ4n) is 7.05. The van der Waals surface area contributed by atoms with Gasteiger partial charge in [-0.15, -0.1) is 5.92 Å². The Labute approximate surface area is 152 Å². The summed E-state index contributed by atoms with van der Waals surface area (Å²) in [6.07, 6.45) is 9.89. The van der Waals surface area contributed by atoms with E-state index < -0.39 is 5.60 Å². The zero-order chi connectivity index (χ0) is 17.8. The lowest BCUT2D eigenvalue weighted by Gasteiger charge is -2.56. The van der Waals surface area contributed by atoms with Crippen molar-refractivity contribution in [2.24, 2.45) is 35.0 Å². The number of rotatable bonds is 0. The van der Waals surface area contributed by atoms with Crippen molar-refractivity contribution in [1.82, 2.24) is 0 Å². The van der Waals surface area contributed by atoms with Gasteiger partial charge >= 0.3 is 0 Å². The van der Waals surface area contributed by atoms with E-state index in [1.165, 1.54) is 12.0 Å². The van der Waals surface area contributed by atoms with Crippen molar-refractivity contribution >= 4 is 5.78 Å². The molecule has 4 aliphatic carbocycles. The Morgan fingerprint density at radius 1 is 1.28 bits per heavy atom. The van der Waals surface area contributed by atoms with Crippen LogP contribution < -0.4 is 0 Å². The molecule has 3 saturated carbocycles. The normalized spacial score (nSPS) is 48.6. The molecule has 4 rings (SSSR count). The summed E-state index contributed by atoms with van der Waals surface area (Å²) in [6, 6.07) is 0. The Morgan fingerprint density at radius 3 is 2.84 bits per heavy atom. The van der Waals surface area contributed by atoms with Crippen molar-refractivity contribution in [2.45, 2.75) is 77.7 Å². The maximum absolute atomic E-state index is 11.9. The van der Waals surface area contributed by atoms with Gasteiger partial charge in [-0.25, -0.2) is 0 Å². The number of carbonyl (C=O) groups is 1. The molecule has 7 atom stereocenters. The molecule has 1 N–H and O–H groups in total. The minimum Gasteiger partial charge on any atom is -0.377 e. The van der Waals surface area contributed by atoms with Crippen molar-refractivity contribution in [3.63, 3.8) is 0 Å². The van der Waals surface area contributed by atoms with Crippen LogP contribution in [0.4, 0.5) is 0 Å². The fourth-order valence-corrected chi connectivity index (χ4v) is 7.05. The van der Waals surface area contributed by atoms with Gasteiger partial charge in [-0.2, -0.15) is 0 Å². The second-order valence-corrected chi connectivity index (χ2v) is 9.37. The van der Waals surface area contributed by atoms with E-state index in [1.54, 1.807) is 0 Å². The van der Waals surface area contributed by atoms with Crippen LogP contribution >= 0.6 is 0 Å². The lowest BCUT2D eigenvalue weighted by Crippen LogP contribution is -2.54. The van der Waals surface area contributed by atoms with E-state index in [0.717, 1.165) is 44.9 Å². The number of hydrogen-bond acceptors (Lipinski definition) is 2. The highest BCUT2D eigenvalue weighted by molar-refractivity contribution is 5.91. The monoisotopic (exact) mass is 340 g/mol. The number of hydrogen-bond donors (Lipinski definition) is 1. The Morgan fingerprint density at radius 2 is 2.08 bits per heavy atom. The van der Waals surface area contributed by atoms with E-state index in [9.17, 15) is 9.90 Å². The molecule has 0 radical (unpaired) electrons. The van der Waals surface area contributed by atoms with E-state index in [4.69, 9.17) is 0 Å². The summed E-state index contributed by atoms with van der Waals surface area (Å²) in [5, 5.41) is 11.4. The quantitative estimate of drug-likeness (QED) is 0.658. The van der Waals surface area contributed by atoms with Crippen LogP contribution in [0.3, 0.4) is 0 Å². The molecule has 0 amide bonds. The fraction of sp³-hybridized carbons (Fsp3) is 0.783. The summed E-state index contributed by atoms with van der Waals surface area (Å²) in [5.41, 5.74) is 0.584. The summed E-state index contributed by atoms with van der Waals surface area (Å²) in [5.74, 6) is 10.00. The Balaban J connectivity index is 1.67. The Kier molecular flexibility index (Phi) is 4.15. The number of allylic oxidation sites excluding steroid dienone is 1. The predicted molar refractivity (Wildman–Crippen MR) is 99.7 cm³/mol. The lowest BCUT2D eigenvalue weighted by atomic mass is 9.48. The predicted octanol–water partition coefficient (Wildman–Crippen LogP) is 4.52. The molecule has 4 aliphatic rings. The zero-order valence-corrected chi connectivity index (χ0v) is 16.0. The van der Waals surface area contributed by atoms with Crippen LogP contribution in [-0.2, 0) is 4.79 Å². The van der Waals surface area contributed by atoms with Crippen LogP contribution in [0.1, 0.15) is 72.1 Å². The highest BCUT2D eigenvalue weighted by atomic mass is 16.3. The summed E-state index contributed by atoms with van der Waals surface area (Å²) < 4.78 is 0. The highest BCUT2D eigenvalue weighted by Crippen LogP contribution is 2.65. The third-order valence-corrected chi connectivity index (χ3v) is 8.26. The standard InChI is InChI=1S/C23H32O2/c1-4-5-10-23(25)12-9-20-21-15(2)13-16-14-17(24)6-7-18(16)19(21)8-11-22(20,23)3/h14-15,18-21,25H,4,6-9,11-13H2,1-3H3/t15-,18?,19?,20?,21?,22+,23+/m1/s1. The molecule has 0 spiro atoms. The molecule has 4 unspecified atom stereocenters. The maximum atomic E-state index is 11.9. The van der Waals surface area contributed by atoms with Gasteiger partial charge in [0, 0.05) is 18.3 Å². The second-order valence-electron chi connectivity index (χ2n) is 9.37. The maximum Gasteiger partial charge on any atom is 0.155 e. The van der Waals surface area contributed by atoms with E-state index in [2.05, 4.69) is 32.6 Å². The van der Waals surface area contributed by atoms with Gasteiger partial charge in [0.2, 0.25) is 0 Å². The van der Waals surface area contributed by atoms with Gasteiger partial charge in [-0.3, -0.25) is 4.79 Å². The van der Waals surface area contributed by atoms with Gasteiger partial charge < -0.3 is 5.11 Å². The van der Waals surface area contributed by atoms with Gasteiger partial charge in [-0.1, -0.05) is 32.3 Å².